The number of rotatable bonds is 5. The van der Waals surface area contributed by atoms with Crippen molar-refractivity contribution in [3.63, 3.8) is 0 Å². The summed E-state index contributed by atoms with van der Waals surface area (Å²) in [5.74, 6) is 0.101. The Kier molecular flexibility index (Phi) is 3.57. The van der Waals surface area contributed by atoms with Crippen LogP contribution in [0.2, 0.25) is 0 Å². The molecule has 8 heteroatoms. The van der Waals surface area contributed by atoms with E-state index in [1.54, 1.807) is 0 Å². The summed E-state index contributed by atoms with van der Waals surface area (Å²) in [6.45, 7) is 0.448. The molecular weight excluding hydrogens is 256 g/mol. The predicted molar refractivity (Wildman–Crippen MR) is 52.4 cm³/mol. The topological polar surface area (TPSA) is 90.1 Å². The van der Waals surface area contributed by atoms with Gasteiger partial charge < -0.3 is 5.32 Å². The van der Waals surface area contributed by atoms with Crippen molar-refractivity contribution >= 4 is 33.8 Å². The van der Waals surface area contributed by atoms with Crippen LogP contribution in [0.5, 0.6) is 0 Å². The van der Waals surface area contributed by atoms with Crippen LogP contribution in [0.25, 0.3) is 0 Å². The van der Waals surface area contributed by atoms with E-state index in [0.29, 0.717) is 18.3 Å². The van der Waals surface area contributed by atoms with E-state index in [0.717, 1.165) is 6.20 Å². The maximum atomic E-state index is 10.5. The largest absolute Gasteiger partial charge is 0.331 e. The minimum atomic E-state index is -0.594. The minimum absolute atomic E-state index is 0.101. The molecule has 1 rings (SSSR count). The van der Waals surface area contributed by atoms with Crippen LogP contribution in [0.15, 0.2) is 6.20 Å². The summed E-state index contributed by atoms with van der Waals surface area (Å²) in [7, 11) is 0. The van der Waals surface area contributed by atoms with Crippen molar-refractivity contribution in [2.45, 2.75) is 6.54 Å². The Morgan fingerprint density at radius 2 is 2.50 bits per heavy atom. The molecule has 0 fully saturated rings. The first-order valence-electron chi connectivity index (χ1n) is 3.67. The second-order valence-electron chi connectivity index (χ2n) is 2.31. The zero-order valence-electron chi connectivity index (χ0n) is 7.01. The molecule has 1 amide bonds. The van der Waals surface area contributed by atoms with Crippen LogP contribution >= 0.6 is 15.9 Å². The molecule has 0 aliphatic heterocycles. The number of nitrogens with one attached hydrogen (secondary N) is 1. The Bertz CT molecular complexity index is 351. The van der Waals surface area contributed by atoms with Gasteiger partial charge in [0.15, 0.2) is 0 Å². The molecule has 0 radical (unpaired) electrons. The van der Waals surface area contributed by atoms with Crippen molar-refractivity contribution in [3.05, 3.63) is 16.3 Å². The number of nitrogens with zero attached hydrogens (tertiary/aromatic N) is 3. The SMILES string of the molecule is O=CNc1c([N+](=O)[O-])cnn1CCBr. The van der Waals surface area contributed by atoms with Gasteiger partial charge in [0.25, 0.3) is 0 Å². The van der Waals surface area contributed by atoms with E-state index in [2.05, 4.69) is 26.3 Å². The summed E-state index contributed by atoms with van der Waals surface area (Å²) in [6.07, 6.45) is 1.49. The Hall–Kier alpha value is -1.44. The van der Waals surface area contributed by atoms with E-state index in [-0.39, 0.29) is 11.5 Å². The number of hydrogen-bond donors (Lipinski definition) is 1. The standard InChI is InChI=1S/C6H7BrN4O3/c7-1-2-10-6(8-4-12)5(3-9-10)11(13)14/h3-4H,1-2H2,(H,8,12). The molecule has 14 heavy (non-hydrogen) atoms. The van der Waals surface area contributed by atoms with E-state index in [4.69, 9.17) is 0 Å². The smallest absolute Gasteiger partial charge is 0.308 e. The molecule has 7 nitrogen and oxygen atoms in total. The van der Waals surface area contributed by atoms with E-state index in [9.17, 15) is 14.9 Å². The molecule has 0 spiro atoms. The Morgan fingerprint density at radius 3 is 3.00 bits per heavy atom. The lowest BCUT2D eigenvalue weighted by Crippen LogP contribution is -2.08. The fraction of sp³-hybridized carbons (Fsp3) is 0.333. The van der Waals surface area contributed by atoms with Gasteiger partial charge in [0, 0.05) is 5.33 Å². The lowest BCUT2D eigenvalue weighted by atomic mass is 10.5. The van der Waals surface area contributed by atoms with E-state index < -0.39 is 4.92 Å². The highest BCUT2D eigenvalue weighted by atomic mass is 79.9. The Balaban J connectivity index is 3.05. The molecule has 0 aromatic carbocycles. The van der Waals surface area contributed by atoms with Crippen LogP contribution in [0, 0.1) is 10.1 Å². The monoisotopic (exact) mass is 262 g/mol. The van der Waals surface area contributed by atoms with Gasteiger partial charge in [0.05, 0.1) is 11.5 Å². The summed E-state index contributed by atoms with van der Waals surface area (Å²) in [4.78, 5) is 20.1. The summed E-state index contributed by atoms with van der Waals surface area (Å²) < 4.78 is 1.35. The fourth-order valence-electron chi connectivity index (χ4n) is 0.963. The van der Waals surface area contributed by atoms with Crippen molar-refractivity contribution < 1.29 is 9.72 Å². The number of aryl methyl sites for hydroxylation is 1. The number of alkyl halides is 1. The molecular formula is C6H7BrN4O3. The van der Waals surface area contributed by atoms with E-state index in [1.807, 2.05) is 0 Å². The van der Waals surface area contributed by atoms with Gasteiger partial charge in [-0.15, -0.1) is 0 Å². The third-order valence-electron chi connectivity index (χ3n) is 1.51. The van der Waals surface area contributed by atoms with Crippen molar-refractivity contribution in [1.29, 1.82) is 0 Å². The number of carbonyl (C=O) groups excluding carboxylic acids is 1. The Morgan fingerprint density at radius 1 is 1.79 bits per heavy atom. The molecule has 1 aromatic rings. The molecule has 0 bridgehead atoms. The fourth-order valence-corrected chi connectivity index (χ4v) is 1.30. The van der Waals surface area contributed by atoms with Crippen LogP contribution in [0.1, 0.15) is 0 Å². The normalized spacial score (nSPS) is 9.79. The average molecular weight is 263 g/mol. The lowest BCUT2D eigenvalue weighted by molar-refractivity contribution is -0.384. The lowest BCUT2D eigenvalue weighted by Gasteiger charge is -2.01. The van der Waals surface area contributed by atoms with E-state index >= 15 is 0 Å². The van der Waals surface area contributed by atoms with Crippen molar-refractivity contribution in [2.75, 3.05) is 10.6 Å². The molecule has 0 saturated heterocycles. The number of amides is 1. The van der Waals surface area contributed by atoms with Gasteiger partial charge in [-0.05, 0) is 0 Å². The maximum absolute atomic E-state index is 10.5. The summed E-state index contributed by atoms with van der Waals surface area (Å²) in [5, 5.41) is 17.1. The second-order valence-corrected chi connectivity index (χ2v) is 3.10. The molecule has 0 unspecified atom stereocenters. The number of carbonyl (C=O) groups is 1. The summed E-state index contributed by atoms with van der Waals surface area (Å²) in [6, 6.07) is 0. The van der Waals surface area contributed by atoms with Gasteiger partial charge in [-0.3, -0.25) is 14.9 Å². The van der Waals surface area contributed by atoms with Gasteiger partial charge in [-0.25, -0.2) is 4.68 Å². The van der Waals surface area contributed by atoms with Gasteiger partial charge in [0.1, 0.15) is 6.20 Å². The van der Waals surface area contributed by atoms with Crippen LogP contribution in [-0.2, 0) is 11.3 Å². The number of hydrogen-bond acceptors (Lipinski definition) is 4. The van der Waals surface area contributed by atoms with Crippen LogP contribution in [-0.4, -0.2) is 26.4 Å². The van der Waals surface area contributed by atoms with Crippen molar-refractivity contribution in [1.82, 2.24) is 9.78 Å². The third-order valence-corrected chi connectivity index (χ3v) is 1.86. The highest BCUT2D eigenvalue weighted by molar-refractivity contribution is 9.09. The molecule has 76 valence electrons. The predicted octanol–water partition coefficient (Wildman–Crippen LogP) is 0.754. The maximum Gasteiger partial charge on any atom is 0.331 e. The van der Waals surface area contributed by atoms with Crippen molar-refractivity contribution in [2.24, 2.45) is 0 Å². The first-order valence-corrected chi connectivity index (χ1v) is 4.79. The number of aromatic nitrogens is 2. The zero-order valence-corrected chi connectivity index (χ0v) is 8.60. The third kappa shape index (κ3) is 2.08. The molecule has 1 heterocycles. The number of nitro groups is 1. The highest BCUT2D eigenvalue weighted by Crippen LogP contribution is 2.22. The van der Waals surface area contributed by atoms with Gasteiger partial charge >= 0.3 is 5.69 Å². The summed E-state index contributed by atoms with van der Waals surface area (Å²) >= 11 is 3.17. The zero-order chi connectivity index (χ0) is 10.6. The number of halogens is 1. The number of anilines is 1. The van der Waals surface area contributed by atoms with Gasteiger partial charge in [0.2, 0.25) is 12.2 Å². The van der Waals surface area contributed by atoms with E-state index in [1.165, 1.54) is 4.68 Å². The average Bonchev–Trinajstić information content (AvgIpc) is 2.50. The van der Waals surface area contributed by atoms with Crippen LogP contribution in [0.4, 0.5) is 11.5 Å². The molecule has 0 aliphatic carbocycles. The van der Waals surface area contributed by atoms with Gasteiger partial charge in [-0.2, -0.15) is 5.10 Å². The highest BCUT2D eigenvalue weighted by Gasteiger charge is 2.19. The quantitative estimate of drug-likeness (QED) is 0.367. The van der Waals surface area contributed by atoms with Crippen molar-refractivity contribution in [3.8, 4) is 0 Å². The Labute approximate surface area is 87.4 Å². The summed E-state index contributed by atoms with van der Waals surface area (Å²) in [5.41, 5.74) is -0.210. The van der Waals surface area contributed by atoms with Gasteiger partial charge in [-0.1, -0.05) is 15.9 Å². The molecule has 0 atom stereocenters. The molecule has 0 aliphatic rings. The second kappa shape index (κ2) is 4.70. The molecule has 1 N–H and O–H groups in total. The first-order chi connectivity index (χ1) is 6.70. The van der Waals surface area contributed by atoms with Crippen LogP contribution in [0.3, 0.4) is 0 Å². The molecule has 1 aromatic heterocycles. The minimum Gasteiger partial charge on any atom is -0.308 e. The van der Waals surface area contributed by atoms with Crippen LogP contribution < -0.4 is 5.32 Å². The first kappa shape index (κ1) is 10.6. The molecule has 0 saturated carbocycles.